The van der Waals surface area contributed by atoms with Gasteiger partial charge >= 0.3 is 0 Å². The van der Waals surface area contributed by atoms with Crippen LogP contribution in [-0.4, -0.2) is 18.9 Å². The summed E-state index contributed by atoms with van der Waals surface area (Å²) in [6, 6.07) is 9.58. The van der Waals surface area contributed by atoms with Crippen LogP contribution in [0.15, 0.2) is 34.8 Å². The van der Waals surface area contributed by atoms with Gasteiger partial charge in [-0.05, 0) is 68.9 Å². The van der Waals surface area contributed by atoms with Gasteiger partial charge in [-0.2, -0.15) is 0 Å². The molecule has 32 heavy (non-hydrogen) atoms. The van der Waals surface area contributed by atoms with Crippen LogP contribution in [0.4, 0.5) is 5.00 Å². The number of primary amides is 1. The van der Waals surface area contributed by atoms with Crippen LogP contribution in [-0.2, 0) is 12.8 Å². The van der Waals surface area contributed by atoms with Gasteiger partial charge in [-0.15, -0.1) is 11.3 Å². The molecule has 0 saturated heterocycles. The first-order chi connectivity index (χ1) is 15.1. The number of benzene rings is 2. The van der Waals surface area contributed by atoms with E-state index < -0.39 is 5.91 Å². The first-order valence-corrected chi connectivity index (χ1v) is 12.2. The van der Waals surface area contributed by atoms with E-state index in [0.29, 0.717) is 27.8 Å². The number of nitrogens with one attached hydrogen (secondary N) is 1. The maximum atomic E-state index is 13.3. The number of nitrogens with two attached hydrogens (primary N) is 1. The molecule has 168 valence electrons. The summed E-state index contributed by atoms with van der Waals surface area (Å²) in [5, 5.41) is 5.36. The first kappa shape index (κ1) is 22.8. The molecule has 1 aromatic heterocycles. The smallest absolute Gasteiger partial charge is 0.260 e. The molecule has 1 aliphatic carbocycles. The van der Waals surface area contributed by atoms with Crippen LogP contribution in [0.1, 0.15) is 58.3 Å². The lowest BCUT2D eigenvalue weighted by atomic mass is 9.72. The number of fused-ring (bicyclic) bond motifs is 2. The summed E-state index contributed by atoms with van der Waals surface area (Å²) in [6.07, 6.45) is 2.70. The molecule has 3 aromatic rings. The third-order valence-corrected chi connectivity index (χ3v) is 8.31. The average Bonchev–Trinajstić information content (AvgIpc) is 3.10. The molecule has 5 nitrogen and oxygen atoms in total. The SMILES string of the molecule is COc1c(C(=O)Nc2sc3c(c2C(N)=O)CC[C@H](C(C)(C)C)C3)cc2ccccc2c1Br. The molecule has 1 heterocycles. The monoisotopic (exact) mass is 514 g/mol. The van der Waals surface area contributed by atoms with Gasteiger partial charge in [0.15, 0.2) is 0 Å². The number of rotatable bonds is 4. The van der Waals surface area contributed by atoms with Crippen molar-refractivity contribution < 1.29 is 14.3 Å². The van der Waals surface area contributed by atoms with Crippen molar-refractivity contribution >= 4 is 54.9 Å². The highest BCUT2D eigenvalue weighted by molar-refractivity contribution is 9.10. The number of hydrogen-bond acceptors (Lipinski definition) is 4. The lowest BCUT2D eigenvalue weighted by Crippen LogP contribution is -2.27. The number of carbonyl (C=O) groups excluding carboxylic acids is 2. The number of ether oxygens (including phenoxy) is 1. The Morgan fingerprint density at radius 3 is 2.62 bits per heavy atom. The highest BCUT2D eigenvalue weighted by atomic mass is 79.9. The molecule has 1 atom stereocenters. The number of hydrogen-bond donors (Lipinski definition) is 2. The molecule has 7 heteroatoms. The van der Waals surface area contributed by atoms with Crippen molar-refractivity contribution in [3.8, 4) is 5.75 Å². The number of anilines is 1. The standard InChI is InChI=1S/C25H27BrN2O3S/c1-25(2,3)14-9-10-16-18(12-14)32-24(19(16)22(27)29)28-23(30)17-11-13-7-5-6-8-15(13)20(26)21(17)31-4/h5-8,11,14H,9-10,12H2,1-4H3,(H2,27,29)(H,28,30)/t14-/m0/s1. The van der Waals surface area contributed by atoms with Gasteiger partial charge in [0.1, 0.15) is 10.8 Å². The molecular formula is C25H27BrN2O3S. The fourth-order valence-electron chi connectivity index (χ4n) is 4.50. The zero-order valence-corrected chi connectivity index (χ0v) is 21.1. The van der Waals surface area contributed by atoms with E-state index in [1.165, 1.54) is 18.4 Å². The lowest BCUT2D eigenvalue weighted by molar-refractivity contribution is 0.1000. The van der Waals surface area contributed by atoms with Crippen LogP contribution >= 0.6 is 27.3 Å². The van der Waals surface area contributed by atoms with E-state index in [-0.39, 0.29) is 11.3 Å². The summed E-state index contributed by atoms with van der Waals surface area (Å²) in [5.74, 6) is 0.144. The number of halogens is 1. The Bertz CT molecular complexity index is 1230. The molecular weight excluding hydrogens is 488 g/mol. The second-order valence-electron chi connectivity index (χ2n) is 9.32. The Kier molecular flexibility index (Phi) is 6.07. The molecule has 3 N–H and O–H groups in total. The summed E-state index contributed by atoms with van der Waals surface area (Å²) in [6.45, 7) is 6.74. The Hall–Kier alpha value is -2.38. The predicted octanol–water partition coefficient (Wildman–Crippen LogP) is 6.17. The van der Waals surface area contributed by atoms with Crippen LogP contribution in [0.3, 0.4) is 0 Å². The summed E-state index contributed by atoms with van der Waals surface area (Å²) in [4.78, 5) is 26.8. The summed E-state index contributed by atoms with van der Waals surface area (Å²) in [7, 11) is 1.54. The van der Waals surface area contributed by atoms with Crippen molar-refractivity contribution in [2.45, 2.75) is 40.0 Å². The largest absolute Gasteiger partial charge is 0.495 e. The van der Waals surface area contributed by atoms with Crippen molar-refractivity contribution in [2.24, 2.45) is 17.1 Å². The van der Waals surface area contributed by atoms with E-state index >= 15 is 0 Å². The predicted molar refractivity (Wildman–Crippen MR) is 134 cm³/mol. The van der Waals surface area contributed by atoms with E-state index in [1.807, 2.05) is 24.3 Å². The van der Waals surface area contributed by atoms with Crippen molar-refractivity contribution in [1.82, 2.24) is 0 Å². The maximum Gasteiger partial charge on any atom is 0.260 e. The molecule has 0 saturated carbocycles. The second-order valence-corrected chi connectivity index (χ2v) is 11.2. The van der Waals surface area contributed by atoms with Crippen LogP contribution in [0.25, 0.3) is 10.8 Å². The van der Waals surface area contributed by atoms with Gasteiger partial charge in [0.2, 0.25) is 0 Å². The molecule has 0 radical (unpaired) electrons. The van der Waals surface area contributed by atoms with E-state index in [2.05, 4.69) is 42.0 Å². The van der Waals surface area contributed by atoms with Gasteiger partial charge < -0.3 is 15.8 Å². The maximum absolute atomic E-state index is 13.3. The molecule has 0 spiro atoms. The van der Waals surface area contributed by atoms with Crippen molar-refractivity contribution in [2.75, 3.05) is 12.4 Å². The van der Waals surface area contributed by atoms with Gasteiger partial charge in [-0.3, -0.25) is 9.59 Å². The molecule has 0 bridgehead atoms. The molecule has 0 unspecified atom stereocenters. The number of methoxy groups -OCH3 is 1. The normalized spacial score (nSPS) is 16.0. The van der Waals surface area contributed by atoms with Crippen LogP contribution < -0.4 is 15.8 Å². The Morgan fingerprint density at radius 1 is 1.25 bits per heavy atom. The van der Waals surface area contributed by atoms with Gasteiger partial charge in [-0.25, -0.2) is 0 Å². The van der Waals surface area contributed by atoms with Crippen molar-refractivity contribution in [3.05, 3.63) is 56.4 Å². The van der Waals surface area contributed by atoms with E-state index in [4.69, 9.17) is 10.5 Å². The van der Waals surface area contributed by atoms with Crippen LogP contribution in [0.2, 0.25) is 0 Å². The molecule has 2 amide bonds. The third-order valence-electron chi connectivity index (χ3n) is 6.35. The Balaban J connectivity index is 1.73. The topological polar surface area (TPSA) is 81.4 Å². The highest BCUT2D eigenvalue weighted by Gasteiger charge is 2.34. The van der Waals surface area contributed by atoms with E-state index in [1.54, 1.807) is 6.07 Å². The quantitative estimate of drug-likeness (QED) is 0.436. The first-order valence-electron chi connectivity index (χ1n) is 10.6. The Labute approximate surface area is 200 Å². The third kappa shape index (κ3) is 4.04. The number of amides is 2. The van der Waals surface area contributed by atoms with E-state index in [0.717, 1.165) is 44.9 Å². The van der Waals surface area contributed by atoms with Gasteiger partial charge in [0.25, 0.3) is 11.8 Å². The van der Waals surface area contributed by atoms with Crippen LogP contribution in [0.5, 0.6) is 5.75 Å². The highest BCUT2D eigenvalue weighted by Crippen LogP contribution is 2.44. The number of thiophene rings is 1. The van der Waals surface area contributed by atoms with Gasteiger partial charge in [0, 0.05) is 4.88 Å². The fourth-order valence-corrected chi connectivity index (χ4v) is 6.56. The molecule has 0 aliphatic heterocycles. The fraction of sp³-hybridized carbons (Fsp3) is 0.360. The molecule has 1 aliphatic rings. The summed E-state index contributed by atoms with van der Waals surface area (Å²) in [5.41, 5.74) is 7.78. The van der Waals surface area contributed by atoms with Crippen LogP contribution in [0, 0.1) is 11.3 Å². The van der Waals surface area contributed by atoms with Gasteiger partial charge in [0.05, 0.1) is 22.7 Å². The van der Waals surface area contributed by atoms with Crippen molar-refractivity contribution in [3.63, 3.8) is 0 Å². The van der Waals surface area contributed by atoms with Crippen molar-refractivity contribution in [1.29, 1.82) is 0 Å². The lowest BCUT2D eigenvalue weighted by Gasteiger charge is -2.33. The summed E-state index contributed by atoms with van der Waals surface area (Å²) < 4.78 is 6.28. The number of carbonyl (C=O) groups is 2. The van der Waals surface area contributed by atoms with Gasteiger partial charge in [-0.1, -0.05) is 45.0 Å². The minimum absolute atomic E-state index is 0.183. The molecule has 2 aromatic carbocycles. The minimum Gasteiger partial charge on any atom is -0.495 e. The zero-order valence-electron chi connectivity index (χ0n) is 18.7. The second kappa shape index (κ2) is 8.52. The summed E-state index contributed by atoms with van der Waals surface area (Å²) >= 11 is 5.05. The van der Waals surface area contributed by atoms with E-state index in [9.17, 15) is 9.59 Å². The molecule has 4 rings (SSSR count). The average molecular weight is 515 g/mol. The molecule has 0 fully saturated rings. The minimum atomic E-state index is -0.501. The Morgan fingerprint density at radius 2 is 1.97 bits per heavy atom. The zero-order chi connectivity index (χ0) is 23.2.